The van der Waals surface area contributed by atoms with Gasteiger partial charge in [-0.2, -0.15) is 23.4 Å². The molecule has 210 valence electrons. The Morgan fingerprint density at radius 3 is 2.24 bits per heavy atom. The molecule has 1 amide bonds. The van der Waals surface area contributed by atoms with Gasteiger partial charge in [-0.25, -0.2) is 23.4 Å². The highest BCUT2D eigenvalue weighted by Gasteiger charge is 2.36. The maximum atomic E-state index is 15.0. The fraction of sp³-hybridized carbons (Fsp3) is 0.148. The maximum Gasteiger partial charge on any atom is 0.417 e. The van der Waals surface area contributed by atoms with Crippen LogP contribution in [0.3, 0.4) is 0 Å². The van der Waals surface area contributed by atoms with Crippen LogP contribution in [0, 0.1) is 11.6 Å². The van der Waals surface area contributed by atoms with Gasteiger partial charge in [-0.05, 0) is 49.4 Å². The van der Waals surface area contributed by atoms with Gasteiger partial charge in [-0.15, -0.1) is 0 Å². The highest BCUT2D eigenvalue weighted by Crippen LogP contribution is 2.38. The first-order valence-electron chi connectivity index (χ1n) is 12.0. The van der Waals surface area contributed by atoms with Gasteiger partial charge >= 0.3 is 6.18 Å². The highest BCUT2D eigenvalue weighted by molar-refractivity contribution is 6.05. The number of carbonyl (C=O) groups is 1. The number of benzene rings is 2. The molecule has 2 N–H and O–H groups in total. The van der Waals surface area contributed by atoms with Crippen LogP contribution in [0.1, 0.15) is 34.5 Å². The first-order chi connectivity index (χ1) is 19.4. The molecule has 41 heavy (non-hydrogen) atoms. The van der Waals surface area contributed by atoms with Crippen molar-refractivity contribution in [3.05, 3.63) is 95.4 Å². The monoisotopic (exact) mass is 569 g/mol. The molecule has 3 heterocycles. The van der Waals surface area contributed by atoms with Crippen molar-refractivity contribution in [3.63, 3.8) is 0 Å². The van der Waals surface area contributed by atoms with Crippen molar-refractivity contribution in [2.45, 2.75) is 19.2 Å². The predicted molar refractivity (Wildman–Crippen MR) is 137 cm³/mol. The molecule has 0 radical (unpaired) electrons. The van der Waals surface area contributed by atoms with Crippen molar-refractivity contribution < 1.29 is 31.9 Å². The number of halogens is 5. The second-order valence-corrected chi connectivity index (χ2v) is 9.02. The van der Waals surface area contributed by atoms with Gasteiger partial charge in [0.25, 0.3) is 5.91 Å². The fourth-order valence-corrected chi connectivity index (χ4v) is 3.98. The fourth-order valence-electron chi connectivity index (χ4n) is 3.98. The van der Waals surface area contributed by atoms with Crippen LogP contribution < -0.4 is 5.32 Å². The third-order valence-electron chi connectivity index (χ3n) is 6.05. The van der Waals surface area contributed by atoms with Gasteiger partial charge in [0, 0.05) is 42.8 Å². The second kappa shape index (κ2) is 10.5. The number of hydrogen-bond acceptors (Lipinski definition) is 6. The third-order valence-corrected chi connectivity index (χ3v) is 6.05. The Morgan fingerprint density at radius 1 is 0.976 bits per heavy atom. The summed E-state index contributed by atoms with van der Waals surface area (Å²) in [4.78, 5) is 21.6. The summed E-state index contributed by atoms with van der Waals surface area (Å²) in [6, 6.07) is 8.76. The lowest BCUT2D eigenvalue weighted by atomic mass is 9.99. The maximum absolute atomic E-state index is 15.0. The Morgan fingerprint density at radius 2 is 1.66 bits per heavy atom. The lowest BCUT2D eigenvalue weighted by Crippen LogP contribution is -2.18. The summed E-state index contributed by atoms with van der Waals surface area (Å²) in [6.45, 7) is 1.54. The Kier molecular flexibility index (Phi) is 7.09. The van der Waals surface area contributed by atoms with E-state index < -0.39 is 46.5 Å². The first-order valence-corrected chi connectivity index (χ1v) is 12.0. The average Bonchev–Trinajstić information content (AvgIpc) is 3.55. The lowest BCUT2D eigenvalue weighted by molar-refractivity contribution is -0.137. The van der Waals surface area contributed by atoms with Gasteiger partial charge < -0.3 is 10.4 Å². The molecule has 0 spiro atoms. The average molecular weight is 569 g/mol. The standard InChI is InChI=1S/C27H20F5N7O2/c1-14(40)15-12-33-25(34-13-15)23-11-24(39(37-23)17-5-3-16(28)4-6-17)35-26(41)19-9-18(22-7-8-38(2)36-22)20(10-21(19)29)27(30,31)32/h3-14,40H,1-2H3,(H,35,41). The zero-order chi connectivity index (χ0) is 29.5. The third kappa shape index (κ3) is 5.68. The van der Waals surface area contributed by atoms with E-state index in [1.165, 1.54) is 66.2 Å². The molecule has 1 unspecified atom stereocenters. The number of aromatic nitrogens is 6. The highest BCUT2D eigenvalue weighted by atomic mass is 19.4. The first kappa shape index (κ1) is 27.6. The van der Waals surface area contributed by atoms with Gasteiger partial charge in [0.15, 0.2) is 5.82 Å². The number of amides is 1. The Bertz CT molecular complexity index is 1730. The topological polar surface area (TPSA) is 111 Å². The minimum atomic E-state index is -4.91. The molecule has 2 aromatic carbocycles. The smallest absolute Gasteiger partial charge is 0.389 e. The largest absolute Gasteiger partial charge is 0.417 e. The molecule has 0 bridgehead atoms. The molecular formula is C27H20F5N7O2. The van der Waals surface area contributed by atoms with Gasteiger partial charge in [0.05, 0.1) is 28.6 Å². The normalized spacial score (nSPS) is 12.4. The Balaban J connectivity index is 1.57. The van der Waals surface area contributed by atoms with Crippen molar-refractivity contribution in [3.8, 4) is 28.5 Å². The molecule has 3 aromatic heterocycles. The van der Waals surface area contributed by atoms with Gasteiger partial charge in [0.1, 0.15) is 23.1 Å². The zero-order valence-electron chi connectivity index (χ0n) is 21.4. The van der Waals surface area contributed by atoms with E-state index in [1.807, 2.05) is 0 Å². The molecule has 9 nitrogen and oxygen atoms in total. The van der Waals surface area contributed by atoms with E-state index in [0.29, 0.717) is 11.3 Å². The quantitative estimate of drug-likeness (QED) is 0.268. The van der Waals surface area contributed by atoms with Crippen molar-refractivity contribution in [1.82, 2.24) is 29.5 Å². The summed E-state index contributed by atoms with van der Waals surface area (Å²) in [5, 5.41) is 20.5. The van der Waals surface area contributed by atoms with Crippen molar-refractivity contribution in [2.24, 2.45) is 7.05 Å². The van der Waals surface area contributed by atoms with Crippen LogP contribution in [-0.4, -0.2) is 40.5 Å². The number of aliphatic hydroxyl groups excluding tert-OH is 1. The van der Waals surface area contributed by atoms with Crippen LogP contribution in [0.15, 0.2) is 67.1 Å². The number of rotatable bonds is 6. The summed E-state index contributed by atoms with van der Waals surface area (Å²) >= 11 is 0. The van der Waals surface area contributed by atoms with E-state index in [-0.39, 0.29) is 29.1 Å². The molecule has 0 saturated carbocycles. The van der Waals surface area contributed by atoms with Crippen molar-refractivity contribution in [1.29, 1.82) is 0 Å². The van der Waals surface area contributed by atoms with Crippen LogP contribution in [0.5, 0.6) is 0 Å². The van der Waals surface area contributed by atoms with Gasteiger partial charge in [-0.1, -0.05) is 0 Å². The Hall–Kier alpha value is -4.98. The number of alkyl halides is 3. The molecule has 0 aliphatic rings. The number of hydrogen-bond donors (Lipinski definition) is 2. The molecule has 0 aliphatic carbocycles. The summed E-state index contributed by atoms with van der Waals surface area (Å²) in [6.07, 6.45) is -1.54. The van der Waals surface area contributed by atoms with Crippen LogP contribution in [0.4, 0.5) is 27.8 Å². The summed E-state index contributed by atoms with van der Waals surface area (Å²) in [5.74, 6) is -2.92. The molecule has 0 saturated heterocycles. The van der Waals surface area contributed by atoms with Crippen molar-refractivity contribution in [2.75, 3.05) is 5.32 Å². The summed E-state index contributed by atoms with van der Waals surface area (Å²) < 4.78 is 72.3. The van der Waals surface area contributed by atoms with E-state index in [0.717, 1.165) is 18.2 Å². The molecule has 1 atom stereocenters. The van der Waals surface area contributed by atoms with Crippen molar-refractivity contribution >= 4 is 11.7 Å². The van der Waals surface area contributed by atoms with Gasteiger partial charge in [0.2, 0.25) is 0 Å². The van der Waals surface area contributed by atoms with Crippen LogP contribution in [-0.2, 0) is 13.2 Å². The van der Waals surface area contributed by atoms with Crippen LogP contribution in [0.25, 0.3) is 28.5 Å². The molecular weight excluding hydrogens is 549 g/mol. The molecule has 5 rings (SSSR count). The number of aliphatic hydroxyl groups is 1. The van der Waals surface area contributed by atoms with E-state index in [4.69, 9.17) is 0 Å². The molecule has 5 aromatic rings. The number of nitrogens with zero attached hydrogens (tertiary/aromatic N) is 6. The van der Waals surface area contributed by atoms with E-state index in [9.17, 15) is 31.9 Å². The molecule has 0 fully saturated rings. The zero-order valence-corrected chi connectivity index (χ0v) is 21.4. The number of nitrogens with one attached hydrogen (secondary N) is 1. The molecule has 0 aliphatic heterocycles. The van der Waals surface area contributed by atoms with E-state index >= 15 is 0 Å². The van der Waals surface area contributed by atoms with Crippen LogP contribution >= 0.6 is 0 Å². The minimum Gasteiger partial charge on any atom is -0.389 e. The lowest BCUT2D eigenvalue weighted by Gasteiger charge is -2.15. The van der Waals surface area contributed by atoms with Gasteiger partial charge in [-0.3, -0.25) is 9.48 Å². The predicted octanol–water partition coefficient (Wildman–Crippen LogP) is 5.33. The summed E-state index contributed by atoms with van der Waals surface area (Å²) in [5.41, 5.74) is -1.65. The Labute approximate surface area is 228 Å². The van der Waals surface area contributed by atoms with E-state index in [2.05, 4.69) is 25.5 Å². The van der Waals surface area contributed by atoms with E-state index in [1.54, 1.807) is 0 Å². The molecule has 14 heteroatoms. The number of aryl methyl sites for hydroxylation is 1. The number of carbonyl (C=O) groups excluding carboxylic acids is 1. The summed E-state index contributed by atoms with van der Waals surface area (Å²) in [7, 11) is 1.50. The van der Waals surface area contributed by atoms with Crippen LogP contribution in [0.2, 0.25) is 0 Å². The SMILES string of the molecule is CC(O)c1cnc(-c2cc(NC(=O)c3cc(-c4ccn(C)n4)c(C(F)(F)F)cc3F)n(-c3ccc(F)cc3)n2)nc1. The minimum absolute atomic E-state index is 0.0292. The second-order valence-electron chi connectivity index (χ2n) is 9.02. The number of anilines is 1.